The zero-order valence-corrected chi connectivity index (χ0v) is 14.2. The van der Waals surface area contributed by atoms with E-state index in [1.807, 2.05) is 37.3 Å². The van der Waals surface area contributed by atoms with Crippen LogP contribution in [0.2, 0.25) is 0 Å². The fourth-order valence-corrected chi connectivity index (χ4v) is 2.26. The van der Waals surface area contributed by atoms with E-state index in [-0.39, 0.29) is 24.4 Å². The average Bonchev–Trinajstić information content (AvgIpc) is 2.60. The van der Waals surface area contributed by atoms with Crippen molar-refractivity contribution in [1.29, 1.82) is 0 Å². The lowest BCUT2D eigenvalue weighted by Gasteiger charge is -2.14. The molecule has 2 N–H and O–H groups in total. The van der Waals surface area contributed by atoms with Gasteiger partial charge in [0.25, 0.3) is 5.91 Å². The van der Waals surface area contributed by atoms with E-state index in [1.165, 1.54) is 4.90 Å². The number of amides is 2. The van der Waals surface area contributed by atoms with Crippen molar-refractivity contribution in [2.45, 2.75) is 13.0 Å². The van der Waals surface area contributed by atoms with Gasteiger partial charge in [-0.3, -0.25) is 9.59 Å². The van der Waals surface area contributed by atoms with Gasteiger partial charge in [-0.15, -0.1) is 0 Å². The van der Waals surface area contributed by atoms with E-state index in [9.17, 15) is 9.59 Å². The maximum Gasteiger partial charge on any atom is 0.253 e. The molecule has 126 valence electrons. The van der Waals surface area contributed by atoms with Crippen LogP contribution in [-0.4, -0.2) is 37.4 Å². The molecule has 0 aliphatic carbocycles. The highest BCUT2D eigenvalue weighted by atomic mass is 16.2. The highest BCUT2D eigenvalue weighted by molar-refractivity contribution is 5.96. The van der Waals surface area contributed by atoms with Gasteiger partial charge in [-0.1, -0.05) is 30.3 Å². The number of nitrogens with zero attached hydrogens (tertiary/aromatic N) is 1. The Morgan fingerprint density at radius 2 is 1.62 bits per heavy atom. The molecular formula is C19H23N3O2. The standard InChI is InChI=1S/C19H23N3O2/c1-14(15-7-5-4-6-8-15)20-13-18(23)21-17-11-9-16(10-12-17)19(24)22(2)3/h4-12,14,20H,13H2,1-3H3,(H,21,23)/t14-/m0/s1. The quantitative estimate of drug-likeness (QED) is 0.858. The van der Waals surface area contributed by atoms with Crippen molar-refractivity contribution < 1.29 is 9.59 Å². The third kappa shape index (κ3) is 4.93. The fourth-order valence-electron chi connectivity index (χ4n) is 2.26. The van der Waals surface area contributed by atoms with Gasteiger partial charge in [-0.25, -0.2) is 0 Å². The molecule has 1 atom stereocenters. The van der Waals surface area contributed by atoms with Crippen molar-refractivity contribution in [2.24, 2.45) is 0 Å². The summed E-state index contributed by atoms with van der Waals surface area (Å²) in [6.07, 6.45) is 0. The first-order valence-electron chi connectivity index (χ1n) is 7.87. The highest BCUT2D eigenvalue weighted by Crippen LogP contribution is 2.12. The lowest BCUT2D eigenvalue weighted by molar-refractivity contribution is -0.115. The summed E-state index contributed by atoms with van der Waals surface area (Å²) in [5.41, 5.74) is 2.40. The van der Waals surface area contributed by atoms with Crippen LogP contribution in [0, 0.1) is 0 Å². The molecule has 0 radical (unpaired) electrons. The van der Waals surface area contributed by atoms with Crippen molar-refractivity contribution in [2.75, 3.05) is 26.0 Å². The van der Waals surface area contributed by atoms with Crippen molar-refractivity contribution in [1.82, 2.24) is 10.2 Å². The second kappa shape index (κ2) is 8.26. The molecule has 0 aliphatic rings. The van der Waals surface area contributed by atoms with E-state index in [0.29, 0.717) is 11.3 Å². The smallest absolute Gasteiger partial charge is 0.253 e. The molecule has 0 saturated heterocycles. The fraction of sp³-hybridized carbons (Fsp3) is 0.263. The molecule has 2 amide bonds. The van der Waals surface area contributed by atoms with Crippen LogP contribution in [0.3, 0.4) is 0 Å². The molecule has 0 heterocycles. The molecule has 0 bridgehead atoms. The van der Waals surface area contributed by atoms with Gasteiger partial charge in [0.1, 0.15) is 0 Å². The molecule has 2 aromatic carbocycles. The largest absolute Gasteiger partial charge is 0.345 e. The highest BCUT2D eigenvalue weighted by Gasteiger charge is 2.09. The van der Waals surface area contributed by atoms with E-state index >= 15 is 0 Å². The number of rotatable bonds is 6. The Kier molecular flexibility index (Phi) is 6.09. The van der Waals surface area contributed by atoms with Gasteiger partial charge in [0.2, 0.25) is 5.91 Å². The number of anilines is 1. The SMILES string of the molecule is C[C@H](NCC(=O)Nc1ccc(C(=O)N(C)C)cc1)c1ccccc1. The topological polar surface area (TPSA) is 61.4 Å². The average molecular weight is 325 g/mol. The predicted molar refractivity (Wildman–Crippen MR) is 95.9 cm³/mol. The van der Waals surface area contributed by atoms with E-state index in [1.54, 1.807) is 38.4 Å². The summed E-state index contributed by atoms with van der Waals surface area (Å²) in [6.45, 7) is 2.23. The third-order valence-electron chi connectivity index (χ3n) is 3.69. The second-order valence-electron chi connectivity index (χ2n) is 5.84. The van der Waals surface area contributed by atoms with Gasteiger partial charge in [0, 0.05) is 31.4 Å². The van der Waals surface area contributed by atoms with Gasteiger partial charge in [-0.2, -0.15) is 0 Å². The maximum atomic E-state index is 12.0. The summed E-state index contributed by atoms with van der Waals surface area (Å²) in [6, 6.07) is 16.9. The second-order valence-corrected chi connectivity index (χ2v) is 5.84. The van der Waals surface area contributed by atoms with Gasteiger partial charge < -0.3 is 15.5 Å². The summed E-state index contributed by atoms with van der Waals surface area (Å²) in [4.78, 5) is 25.4. The molecule has 0 spiro atoms. The molecule has 2 rings (SSSR count). The van der Waals surface area contributed by atoms with Crippen LogP contribution in [-0.2, 0) is 4.79 Å². The van der Waals surface area contributed by atoms with Crippen LogP contribution in [0.1, 0.15) is 28.9 Å². The minimum Gasteiger partial charge on any atom is -0.345 e. The maximum absolute atomic E-state index is 12.0. The lowest BCUT2D eigenvalue weighted by atomic mass is 10.1. The van der Waals surface area contributed by atoms with Gasteiger partial charge >= 0.3 is 0 Å². The van der Waals surface area contributed by atoms with Gasteiger partial charge in [-0.05, 0) is 36.8 Å². The van der Waals surface area contributed by atoms with Gasteiger partial charge in [0.05, 0.1) is 6.54 Å². The number of hydrogen-bond acceptors (Lipinski definition) is 3. The first-order chi connectivity index (χ1) is 11.5. The lowest BCUT2D eigenvalue weighted by Crippen LogP contribution is -2.30. The monoisotopic (exact) mass is 325 g/mol. The van der Waals surface area contributed by atoms with E-state index in [2.05, 4.69) is 10.6 Å². The third-order valence-corrected chi connectivity index (χ3v) is 3.69. The molecule has 0 unspecified atom stereocenters. The van der Waals surface area contributed by atoms with Crippen molar-refractivity contribution >= 4 is 17.5 Å². The first kappa shape index (κ1) is 17.7. The van der Waals surface area contributed by atoms with E-state index in [4.69, 9.17) is 0 Å². The normalized spacial score (nSPS) is 11.6. The van der Waals surface area contributed by atoms with Crippen molar-refractivity contribution in [3.05, 3.63) is 65.7 Å². The number of nitrogens with one attached hydrogen (secondary N) is 2. The summed E-state index contributed by atoms with van der Waals surface area (Å²) in [7, 11) is 3.41. The van der Waals surface area contributed by atoms with Crippen molar-refractivity contribution in [3.8, 4) is 0 Å². The summed E-state index contributed by atoms with van der Waals surface area (Å²) >= 11 is 0. The van der Waals surface area contributed by atoms with Crippen LogP contribution in [0.15, 0.2) is 54.6 Å². The van der Waals surface area contributed by atoms with Crippen LogP contribution >= 0.6 is 0 Å². The zero-order chi connectivity index (χ0) is 17.5. The van der Waals surface area contributed by atoms with E-state index in [0.717, 1.165) is 5.56 Å². The minimum absolute atomic E-state index is 0.0637. The molecule has 24 heavy (non-hydrogen) atoms. The minimum atomic E-state index is -0.121. The zero-order valence-electron chi connectivity index (χ0n) is 14.2. The Morgan fingerprint density at radius 1 is 1.00 bits per heavy atom. The van der Waals surface area contributed by atoms with Crippen LogP contribution in [0.4, 0.5) is 5.69 Å². The Labute approximate surface area is 142 Å². The first-order valence-corrected chi connectivity index (χ1v) is 7.87. The van der Waals surface area contributed by atoms with Crippen LogP contribution < -0.4 is 10.6 Å². The molecule has 0 aromatic heterocycles. The summed E-state index contributed by atoms with van der Waals surface area (Å²) in [5.74, 6) is -0.185. The number of carbonyl (C=O) groups is 2. The molecule has 0 saturated carbocycles. The Bertz CT molecular complexity index is 682. The number of benzene rings is 2. The van der Waals surface area contributed by atoms with E-state index < -0.39 is 0 Å². The van der Waals surface area contributed by atoms with Crippen molar-refractivity contribution in [3.63, 3.8) is 0 Å². The molecular weight excluding hydrogens is 302 g/mol. The predicted octanol–water partition coefficient (Wildman–Crippen LogP) is 2.68. The molecule has 0 aliphatic heterocycles. The summed E-state index contributed by atoms with van der Waals surface area (Å²) < 4.78 is 0. The van der Waals surface area contributed by atoms with Gasteiger partial charge in [0.15, 0.2) is 0 Å². The summed E-state index contributed by atoms with van der Waals surface area (Å²) in [5, 5.41) is 6.01. The Hall–Kier alpha value is -2.66. The number of carbonyl (C=O) groups excluding carboxylic acids is 2. The molecule has 5 heteroatoms. The Balaban J connectivity index is 1.85. The molecule has 5 nitrogen and oxygen atoms in total. The van der Waals surface area contributed by atoms with Crippen LogP contribution in [0.25, 0.3) is 0 Å². The number of hydrogen-bond donors (Lipinski definition) is 2. The molecule has 2 aromatic rings. The van der Waals surface area contributed by atoms with Crippen LogP contribution in [0.5, 0.6) is 0 Å². The Morgan fingerprint density at radius 3 is 2.21 bits per heavy atom. The molecule has 0 fully saturated rings.